The van der Waals surface area contributed by atoms with Crippen molar-refractivity contribution >= 4 is 0 Å². The summed E-state index contributed by atoms with van der Waals surface area (Å²) in [5.41, 5.74) is 5.59. The van der Waals surface area contributed by atoms with Crippen molar-refractivity contribution in [3.05, 3.63) is 0 Å². The van der Waals surface area contributed by atoms with Crippen LogP contribution in [0.15, 0.2) is 0 Å². The summed E-state index contributed by atoms with van der Waals surface area (Å²) in [4.78, 5) is 2.14. The molecule has 1 heterocycles. The Hall–Kier alpha value is -0.0800. The van der Waals surface area contributed by atoms with E-state index in [0.29, 0.717) is 12.1 Å². The second-order valence-electron chi connectivity index (χ2n) is 2.41. The van der Waals surface area contributed by atoms with E-state index >= 15 is 0 Å². The molecule has 1 rings (SSSR count). The fraction of sp³-hybridized carbons (Fsp3) is 1.00. The van der Waals surface area contributed by atoms with Gasteiger partial charge in [-0.15, -0.1) is 0 Å². The first-order chi connectivity index (χ1) is 3.22. The van der Waals surface area contributed by atoms with Crippen LogP contribution < -0.4 is 5.73 Å². The van der Waals surface area contributed by atoms with E-state index in [4.69, 9.17) is 5.73 Å². The molecule has 0 saturated carbocycles. The first-order valence-electron chi connectivity index (χ1n) is 2.67. The van der Waals surface area contributed by atoms with Gasteiger partial charge < -0.3 is 5.73 Å². The summed E-state index contributed by atoms with van der Waals surface area (Å²) in [5.74, 6) is 0.713. The zero-order valence-corrected chi connectivity index (χ0v) is 4.89. The molecule has 0 aromatic carbocycles. The number of nitrogens with zero attached hydrogens (tertiary/aromatic N) is 1. The summed E-state index contributed by atoms with van der Waals surface area (Å²) < 4.78 is 0. The van der Waals surface area contributed by atoms with E-state index in [-0.39, 0.29) is 0 Å². The molecule has 1 fully saturated rings. The Balaban J connectivity index is 2.29. The van der Waals surface area contributed by atoms with Crippen LogP contribution in [0.5, 0.6) is 0 Å². The van der Waals surface area contributed by atoms with Gasteiger partial charge in [0.05, 0.1) is 6.17 Å². The van der Waals surface area contributed by atoms with E-state index < -0.39 is 0 Å². The second kappa shape index (κ2) is 1.46. The van der Waals surface area contributed by atoms with E-state index in [2.05, 4.69) is 11.8 Å². The lowest BCUT2D eigenvalue weighted by atomic mass is 10.00. The standard InChI is InChI=1S/C5H12N2/c1-4-3-7(2)5(4)6/h4-5H,3,6H2,1-2H3. The maximum atomic E-state index is 5.59. The second-order valence-corrected chi connectivity index (χ2v) is 2.41. The van der Waals surface area contributed by atoms with Crippen LogP contribution in [0.2, 0.25) is 0 Å². The Bertz CT molecular complexity index is 64.5. The normalized spacial score (nSPS) is 43.3. The molecule has 0 spiro atoms. The SMILES string of the molecule is CC1CN(C)C1N. The molecular weight excluding hydrogens is 88.1 g/mol. The molecule has 0 aromatic heterocycles. The summed E-state index contributed by atoms with van der Waals surface area (Å²) in [6.07, 6.45) is 0.333. The number of hydrogen-bond donors (Lipinski definition) is 1. The fourth-order valence-electron chi connectivity index (χ4n) is 0.980. The summed E-state index contributed by atoms with van der Waals surface area (Å²) in [5, 5.41) is 0. The smallest absolute Gasteiger partial charge is 0.0608 e. The average Bonchev–Trinajstić information content (AvgIpc) is 1.68. The zero-order valence-electron chi connectivity index (χ0n) is 4.89. The topological polar surface area (TPSA) is 29.3 Å². The van der Waals surface area contributed by atoms with Crippen molar-refractivity contribution in [1.29, 1.82) is 0 Å². The Labute approximate surface area is 44.3 Å². The predicted octanol–water partition coefficient (Wildman–Crippen LogP) is -0.147. The number of rotatable bonds is 0. The zero-order chi connectivity index (χ0) is 5.44. The van der Waals surface area contributed by atoms with Gasteiger partial charge in [-0.3, -0.25) is 4.90 Å². The van der Waals surface area contributed by atoms with Gasteiger partial charge in [-0.2, -0.15) is 0 Å². The Kier molecular flexibility index (Phi) is 1.05. The van der Waals surface area contributed by atoms with Crippen molar-refractivity contribution in [2.45, 2.75) is 13.1 Å². The summed E-state index contributed by atoms with van der Waals surface area (Å²) in [6.45, 7) is 3.34. The molecule has 0 radical (unpaired) electrons. The first-order valence-corrected chi connectivity index (χ1v) is 2.67. The third-order valence-corrected chi connectivity index (χ3v) is 1.67. The highest BCUT2D eigenvalue weighted by Gasteiger charge is 2.28. The van der Waals surface area contributed by atoms with E-state index in [9.17, 15) is 0 Å². The highest BCUT2D eigenvalue weighted by Crippen LogP contribution is 2.15. The van der Waals surface area contributed by atoms with E-state index in [1.165, 1.54) is 6.54 Å². The molecule has 2 unspecified atom stereocenters. The molecule has 0 aliphatic carbocycles. The summed E-state index contributed by atoms with van der Waals surface area (Å²) in [7, 11) is 2.05. The monoisotopic (exact) mass is 100 g/mol. The maximum absolute atomic E-state index is 5.59. The number of hydrogen-bond acceptors (Lipinski definition) is 2. The average molecular weight is 100 g/mol. The molecule has 2 heteroatoms. The van der Waals surface area contributed by atoms with Gasteiger partial charge in [0.15, 0.2) is 0 Å². The van der Waals surface area contributed by atoms with Gasteiger partial charge in [0, 0.05) is 6.54 Å². The molecule has 2 atom stereocenters. The van der Waals surface area contributed by atoms with Crippen molar-refractivity contribution < 1.29 is 0 Å². The van der Waals surface area contributed by atoms with Crippen molar-refractivity contribution in [3.63, 3.8) is 0 Å². The maximum Gasteiger partial charge on any atom is 0.0608 e. The molecule has 7 heavy (non-hydrogen) atoms. The quantitative estimate of drug-likeness (QED) is 0.459. The molecule has 2 nitrogen and oxygen atoms in total. The van der Waals surface area contributed by atoms with Crippen LogP contribution >= 0.6 is 0 Å². The molecule has 0 bridgehead atoms. The Morgan fingerprint density at radius 1 is 1.71 bits per heavy atom. The van der Waals surface area contributed by atoms with Crippen LogP contribution in [0.25, 0.3) is 0 Å². The van der Waals surface area contributed by atoms with Gasteiger partial charge in [-0.25, -0.2) is 0 Å². The highest BCUT2D eigenvalue weighted by molar-refractivity contribution is 4.80. The molecule has 1 aliphatic heterocycles. The van der Waals surface area contributed by atoms with Crippen LogP contribution in [0.1, 0.15) is 6.92 Å². The highest BCUT2D eigenvalue weighted by atomic mass is 15.3. The minimum Gasteiger partial charge on any atom is -0.315 e. The first kappa shape index (κ1) is 5.06. The number of nitrogens with two attached hydrogens (primary N) is 1. The van der Waals surface area contributed by atoms with Crippen LogP contribution in [-0.4, -0.2) is 24.7 Å². The van der Waals surface area contributed by atoms with Crippen LogP contribution in [-0.2, 0) is 0 Å². The third-order valence-electron chi connectivity index (χ3n) is 1.67. The van der Waals surface area contributed by atoms with Crippen molar-refractivity contribution in [2.24, 2.45) is 11.7 Å². The largest absolute Gasteiger partial charge is 0.315 e. The summed E-state index contributed by atoms with van der Waals surface area (Å²) in [6, 6.07) is 0. The molecule has 42 valence electrons. The van der Waals surface area contributed by atoms with Gasteiger partial charge in [0.1, 0.15) is 0 Å². The van der Waals surface area contributed by atoms with E-state index in [0.717, 1.165) is 0 Å². The van der Waals surface area contributed by atoms with Crippen molar-refractivity contribution in [3.8, 4) is 0 Å². The molecule has 0 aromatic rings. The summed E-state index contributed by atoms with van der Waals surface area (Å²) >= 11 is 0. The minimum atomic E-state index is 0.333. The van der Waals surface area contributed by atoms with Crippen molar-refractivity contribution in [1.82, 2.24) is 4.90 Å². The Morgan fingerprint density at radius 3 is 2.29 bits per heavy atom. The van der Waals surface area contributed by atoms with E-state index in [1.54, 1.807) is 0 Å². The van der Waals surface area contributed by atoms with Gasteiger partial charge in [-0.05, 0) is 13.0 Å². The lowest BCUT2D eigenvalue weighted by Crippen LogP contribution is -2.57. The molecule has 2 N–H and O–H groups in total. The third kappa shape index (κ3) is 0.640. The molecular formula is C5H12N2. The molecule has 1 aliphatic rings. The van der Waals surface area contributed by atoms with Gasteiger partial charge in [0.25, 0.3) is 0 Å². The minimum absolute atomic E-state index is 0.333. The van der Waals surface area contributed by atoms with Gasteiger partial charge in [0.2, 0.25) is 0 Å². The molecule has 0 amide bonds. The lowest BCUT2D eigenvalue weighted by molar-refractivity contribution is 0.0587. The van der Waals surface area contributed by atoms with Crippen molar-refractivity contribution in [2.75, 3.05) is 13.6 Å². The Morgan fingerprint density at radius 2 is 2.29 bits per heavy atom. The van der Waals surface area contributed by atoms with Gasteiger partial charge >= 0.3 is 0 Å². The predicted molar refractivity (Wildman–Crippen MR) is 29.8 cm³/mol. The molecule has 1 saturated heterocycles. The van der Waals surface area contributed by atoms with E-state index in [1.807, 2.05) is 7.05 Å². The van der Waals surface area contributed by atoms with Crippen LogP contribution in [0, 0.1) is 5.92 Å². The van der Waals surface area contributed by atoms with Crippen LogP contribution in [0.3, 0.4) is 0 Å². The van der Waals surface area contributed by atoms with Gasteiger partial charge in [-0.1, -0.05) is 6.92 Å². The lowest BCUT2D eigenvalue weighted by Gasteiger charge is -2.41. The fourth-order valence-corrected chi connectivity index (χ4v) is 0.980. The van der Waals surface area contributed by atoms with Crippen LogP contribution in [0.4, 0.5) is 0 Å². The number of likely N-dealkylation sites (tertiary alicyclic amines) is 1.